The summed E-state index contributed by atoms with van der Waals surface area (Å²) in [5.74, 6) is 1.05. The average molecular weight is 523 g/mol. The minimum atomic E-state index is -3.64. The number of benzene rings is 2. The third-order valence-electron chi connectivity index (χ3n) is 8.44. The van der Waals surface area contributed by atoms with Crippen LogP contribution in [0.3, 0.4) is 0 Å². The van der Waals surface area contributed by atoms with Crippen LogP contribution < -0.4 is 9.46 Å². The van der Waals surface area contributed by atoms with Crippen LogP contribution in [0.1, 0.15) is 93.1 Å². The molecule has 6 nitrogen and oxygen atoms in total. The number of nitrogens with zero attached hydrogens (tertiary/aromatic N) is 1. The predicted molar refractivity (Wildman–Crippen MR) is 149 cm³/mol. The van der Waals surface area contributed by atoms with E-state index in [9.17, 15) is 13.2 Å². The number of nitrogens with one attached hydrogen (secondary N) is 1. The van der Waals surface area contributed by atoms with Crippen molar-refractivity contribution in [3.05, 3.63) is 53.1 Å². The van der Waals surface area contributed by atoms with Gasteiger partial charge in [-0.3, -0.25) is 4.79 Å². The van der Waals surface area contributed by atoms with E-state index in [0.717, 1.165) is 49.9 Å². The molecule has 1 aromatic heterocycles. The van der Waals surface area contributed by atoms with Gasteiger partial charge in [-0.1, -0.05) is 39.7 Å². The molecule has 1 N–H and O–H groups in total. The van der Waals surface area contributed by atoms with Gasteiger partial charge in [0.25, 0.3) is 5.91 Å². The van der Waals surface area contributed by atoms with Crippen LogP contribution in [0, 0.1) is 5.41 Å². The van der Waals surface area contributed by atoms with E-state index in [-0.39, 0.29) is 11.2 Å². The van der Waals surface area contributed by atoms with Crippen LogP contribution in [0.25, 0.3) is 22.2 Å². The quantitative estimate of drug-likeness (QED) is 0.344. The molecule has 0 bridgehead atoms. The highest BCUT2D eigenvalue weighted by atomic mass is 32.2. The monoisotopic (exact) mass is 522 g/mol. The number of fused-ring (bicyclic) bond motifs is 7. The number of ether oxygens (including phenoxy) is 1. The van der Waals surface area contributed by atoms with Crippen LogP contribution >= 0.6 is 0 Å². The molecule has 0 saturated heterocycles. The SMILES string of the molecule is CCCC(CCC)c1c2n(c3cc(C(=O)NS(=O)(=O)CC)ccc13)CC1(C)CC1c1cc(OC)ccc1-2. The maximum atomic E-state index is 12.9. The van der Waals surface area contributed by atoms with Crippen LogP contribution in [0.2, 0.25) is 0 Å². The smallest absolute Gasteiger partial charge is 0.264 e. The summed E-state index contributed by atoms with van der Waals surface area (Å²) in [6.45, 7) is 9.22. The molecule has 1 aliphatic heterocycles. The van der Waals surface area contributed by atoms with E-state index in [1.165, 1.54) is 34.7 Å². The van der Waals surface area contributed by atoms with Gasteiger partial charge in [0.05, 0.1) is 18.6 Å². The Morgan fingerprint density at radius 3 is 2.51 bits per heavy atom. The van der Waals surface area contributed by atoms with Crippen molar-refractivity contribution in [3.63, 3.8) is 0 Å². The number of amides is 1. The number of aromatic nitrogens is 1. The van der Waals surface area contributed by atoms with Gasteiger partial charge in [0.2, 0.25) is 10.0 Å². The van der Waals surface area contributed by atoms with Crippen LogP contribution in [0.5, 0.6) is 5.75 Å². The lowest BCUT2D eigenvalue weighted by Gasteiger charge is -2.20. The van der Waals surface area contributed by atoms with E-state index in [1.54, 1.807) is 13.2 Å². The van der Waals surface area contributed by atoms with Gasteiger partial charge in [-0.15, -0.1) is 0 Å². The van der Waals surface area contributed by atoms with E-state index < -0.39 is 15.9 Å². The second kappa shape index (κ2) is 9.50. The van der Waals surface area contributed by atoms with Crippen LogP contribution in [0.4, 0.5) is 0 Å². The molecule has 1 amide bonds. The van der Waals surface area contributed by atoms with E-state index in [0.29, 0.717) is 17.4 Å². The third-order valence-corrected chi connectivity index (χ3v) is 9.69. The number of sulfonamides is 1. The maximum absolute atomic E-state index is 12.9. The van der Waals surface area contributed by atoms with Crippen molar-refractivity contribution in [3.8, 4) is 17.0 Å². The first-order chi connectivity index (χ1) is 17.7. The molecule has 1 saturated carbocycles. The van der Waals surface area contributed by atoms with Crippen molar-refractivity contribution in [1.29, 1.82) is 0 Å². The van der Waals surface area contributed by atoms with Gasteiger partial charge in [0.1, 0.15) is 5.75 Å². The molecule has 198 valence electrons. The summed E-state index contributed by atoms with van der Waals surface area (Å²) in [5, 5.41) is 1.17. The molecule has 0 spiro atoms. The molecule has 0 radical (unpaired) electrons. The normalized spacial score (nSPS) is 20.2. The highest BCUT2D eigenvalue weighted by Crippen LogP contribution is 2.65. The fourth-order valence-electron chi connectivity index (χ4n) is 6.39. The van der Waals surface area contributed by atoms with Crippen molar-refractivity contribution in [2.75, 3.05) is 12.9 Å². The van der Waals surface area contributed by atoms with Gasteiger partial charge in [-0.05, 0) is 84.9 Å². The van der Waals surface area contributed by atoms with E-state index >= 15 is 0 Å². The first-order valence-electron chi connectivity index (χ1n) is 13.6. The largest absolute Gasteiger partial charge is 0.497 e. The molecular formula is C30H38N2O4S. The summed E-state index contributed by atoms with van der Waals surface area (Å²) in [6.07, 6.45) is 5.51. The van der Waals surface area contributed by atoms with Gasteiger partial charge >= 0.3 is 0 Å². The van der Waals surface area contributed by atoms with Crippen molar-refractivity contribution >= 4 is 26.8 Å². The maximum Gasteiger partial charge on any atom is 0.264 e. The van der Waals surface area contributed by atoms with Crippen molar-refractivity contribution in [2.24, 2.45) is 5.41 Å². The number of rotatable bonds is 9. The lowest BCUT2D eigenvalue weighted by Crippen LogP contribution is -2.31. The van der Waals surface area contributed by atoms with Gasteiger partial charge in [0, 0.05) is 28.6 Å². The molecule has 1 fully saturated rings. The first kappa shape index (κ1) is 25.8. The summed E-state index contributed by atoms with van der Waals surface area (Å²) in [4.78, 5) is 12.9. The number of carbonyl (C=O) groups excluding carboxylic acids is 1. The second-order valence-corrected chi connectivity index (χ2v) is 13.1. The molecule has 37 heavy (non-hydrogen) atoms. The highest BCUT2D eigenvalue weighted by Gasteiger charge is 2.54. The summed E-state index contributed by atoms with van der Waals surface area (Å²) >= 11 is 0. The minimum absolute atomic E-state index is 0.129. The Morgan fingerprint density at radius 1 is 1.14 bits per heavy atom. The number of hydrogen-bond donors (Lipinski definition) is 1. The summed E-state index contributed by atoms with van der Waals surface area (Å²) in [5.41, 5.74) is 6.74. The zero-order valence-corrected chi connectivity index (χ0v) is 23.4. The molecule has 2 aromatic carbocycles. The van der Waals surface area contributed by atoms with Crippen molar-refractivity contribution < 1.29 is 17.9 Å². The molecule has 7 heteroatoms. The van der Waals surface area contributed by atoms with Gasteiger partial charge < -0.3 is 9.30 Å². The number of carbonyl (C=O) groups is 1. The Hall–Kier alpha value is -2.80. The third kappa shape index (κ3) is 4.45. The van der Waals surface area contributed by atoms with E-state index in [2.05, 4.69) is 48.3 Å². The first-order valence-corrected chi connectivity index (χ1v) is 15.2. The summed E-state index contributed by atoms with van der Waals surface area (Å²) in [7, 11) is -1.92. The molecular weight excluding hydrogens is 484 g/mol. The molecule has 2 unspecified atom stereocenters. The standard InChI is InChI=1S/C30H38N2O4S/c1-6-9-19(10-7-2)27-23-13-11-20(29(33)31-37(34,35)8-3)15-26(23)32-18-30(4)17-25(30)24-16-21(36-5)12-14-22(24)28(27)32/h11-16,19,25H,6-10,17-18H2,1-5H3,(H,31,33). The molecule has 3 aromatic rings. The Bertz CT molecular complexity index is 1470. The summed E-state index contributed by atoms with van der Waals surface area (Å²) in [6, 6.07) is 12.2. The lowest BCUT2D eigenvalue weighted by atomic mass is 9.85. The average Bonchev–Trinajstić information content (AvgIpc) is 3.47. The topological polar surface area (TPSA) is 77.4 Å². The Balaban J connectivity index is 1.78. The van der Waals surface area contributed by atoms with E-state index in [4.69, 9.17) is 4.74 Å². The number of methoxy groups -OCH3 is 1. The Labute approximate surface area is 220 Å². The highest BCUT2D eigenvalue weighted by molar-refractivity contribution is 7.90. The molecule has 2 aliphatic rings. The number of hydrogen-bond acceptors (Lipinski definition) is 4. The van der Waals surface area contributed by atoms with Crippen molar-refractivity contribution in [2.45, 2.75) is 78.2 Å². The molecule has 1 aliphatic carbocycles. The lowest BCUT2D eigenvalue weighted by molar-refractivity contribution is 0.0981. The fourth-order valence-corrected chi connectivity index (χ4v) is 6.93. The fraction of sp³-hybridized carbons (Fsp3) is 0.500. The molecule has 2 heterocycles. The van der Waals surface area contributed by atoms with Crippen molar-refractivity contribution in [1.82, 2.24) is 9.29 Å². The van der Waals surface area contributed by atoms with Crippen LogP contribution in [0.15, 0.2) is 36.4 Å². The molecule has 2 atom stereocenters. The van der Waals surface area contributed by atoms with E-state index in [1.807, 2.05) is 12.1 Å². The Morgan fingerprint density at radius 2 is 1.86 bits per heavy atom. The van der Waals surface area contributed by atoms with Crippen LogP contribution in [-0.2, 0) is 16.6 Å². The Kier molecular flexibility index (Phi) is 6.63. The second-order valence-electron chi connectivity index (χ2n) is 11.1. The summed E-state index contributed by atoms with van der Waals surface area (Å²) < 4.78 is 34.4. The zero-order valence-electron chi connectivity index (χ0n) is 22.6. The van der Waals surface area contributed by atoms with Crippen LogP contribution in [-0.4, -0.2) is 31.8 Å². The van der Waals surface area contributed by atoms with Gasteiger partial charge in [0.15, 0.2) is 0 Å². The van der Waals surface area contributed by atoms with Gasteiger partial charge in [-0.2, -0.15) is 0 Å². The zero-order chi connectivity index (χ0) is 26.5. The predicted octanol–water partition coefficient (Wildman–Crippen LogP) is 6.59. The molecule has 5 rings (SSSR count). The minimum Gasteiger partial charge on any atom is -0.497 e. The van der Waals surface area contributed by atoms with Gasteiger partial charge in [-0.25, -0.2) is 13.1 Å².